The number of aryl methyl sites for hydroxylation is 3. The lowest BCUT2D eigenvalue weighted by Crippen LogP contribution is -2.34. The van der Waals surface area contributed by atoms with E-state index in [4.69, 9.17) is 9.72 Å². The number of ether oxygens (including phenoxy) is 1. The average molecular weight is 475 g/mol. The van der Waals surface area contributed by atoms with E-state index in [2.05, 4.69) is 18.5 Å². The monoisotopic (exact) mass is 474 g/mol. The maximum atomic E-state index is 13.0. The third kappa shape index (κ3) is 7.06. The van der Waals surface area contributed by atoms with Crippen LogP contribution in [0.1, 0.15) is 23.4 Å². The van der Waals surface area contributed by atoms with E-state index in [0.717, 1.165) is 33.7 Å². The smallest absolute Gasteiger partial charge is 0.257 e. The van der Waals surface area contributed by atoms with Crippen LogP contribution in [0.2, 0.25) is 0 Å². The molecule has 0 aliphatic heterocycles. The summed E-state index contributed by atoms with van der Waals surface area (Å²) < 4.78 is 7.64. The molecule has 1 heterocycles. The first kappa shape index (κ1) is 25.7. The van der Waals surface area contributed by atoms with Crippen LogP contribution in [0.4, 0.5) is 0 Å². The summed E-state index contributed by atoms with van der Waals surface area (Å²) >= 11 is 0. The fraction of sp³-hybridized carbons (Fsp3) is 0.321. The highest BCUT2D eigenvalue weighted by Gasteiger charge is 2.17. The first-order valence-electron chi connectivity index (χ1n) is 11.8. The molecule has 0 atom stereocenters. The van der Waals surface area contributed by atoms with E-state index >= 15 is 0 Å². The number of rotatable bonds is 13. The van der Waals surface area contributed by atoms with Crippen LogP contribution in [0.25, 0.3) is 11.0 Å². The van der Waals surface area contributed by atoms with Gasteiger partial charge < -0.3 is 19.5 Å². The summed E-state index contributed by atoms with van der Waals surface area (Å²) in [6.07, 6.45) is 4.74. The van der Waals surface area contributed by atoms with Crippen LogP contribution in [0, 0.1) is 13.8 Å². The molecule has 0 aliphatic rings. The second-order valence-electron chi connectivity index (χ2n) is 8.49. The predicted molar refractivity (Wildman–Crippen MR) is 139 cm³/mol. The van der Waals surface area contributed by atoms with Crippen molar-refractivity contribution in [2.45, 2.75) is 33.2 Å². The van der Waals surface area contributed by atoms with E-state index in [1.165, 1.54) is 0 Å². The Hall–Kier alpha value is -3.87. The number of carbonyl (C=O) groups is 2. The summed E-state index contributed by atoms with van der Waals surface area (Å²) in [4.78, 5) is 31.6. The van der Waals surface area contributed by atoms with Crippen LogP contribution in [0.3, 0.4) is 0 Å². The fourth-order valence-corrected chi connectivity index (χ4v) is 3.85. The normalized spacial score (nSPS) is 10.7. The van der Waals surface area contributed by atoms with E-state index < -0.39 is 0 Å². The molecule has 3 aromatic rings. The second-order valence-corrected chi connectivity index (χ2v) is 8.49. The van der Waals surface area contributed by atoms with Crippen molar-refractivity contribution >= 4 is 22.8 Å². The molecule has 0 bridgehead atoms. The number of benzene rings is 2. The van der Waals surface area contributed by atoms with Gasteiger partial charge in [0.2, 0.25) is 5.91 Å². The van der Waals surface area contributed by atoms with Crippen LogP contribution >= 0.6 is 0 Å². The molecule has 1 aromatic heterocycles. The number of nitrogens with zero attached hydrogens (tertiary/aromatic N) is 3. The van der Waals surface area contributed by atoms with Gasteiger partial charge >= 0.3 is 0 Å². The van der Waals surface area contributed by atoms with Crippen molar-refractivity contribution in [1.29, 1.82) is 0 Å². The van der Waals surface area contributed by atoms with Gasteiger partial charge in [0.1, 0.15) is 18.1 Å². The van der Waals surface area contributed by atoms with Crippen LogP contribution in [0.5, 0.6) is 5.75 Å². The highest BCUT2D eigenvalue weighted by molar-refractivity contribution is 5.81. The molecule has 7 heteroatoms. The minimum absolute atomic E-state index is 0.0221. The molecule has 0 radical (unpaired) electrons. The Labute approximate surface area is 207 Å². The second kappa shape index (κ2) is 12.6. The van der Waals surface area contributed by atoms with Gasteiger partial charge in [-0.15, -0.1) is 13.2 Å². The lowest BCUT2D eigenvalue weighted by Gasteiger charge is -2.20. The molecule has 184 valence electrons. The number of hydrogen-bond donors (Lipinski definition) is 1. The molecule has 2 aromatic carbocycles. The number of amides is 2. The van der Waals surface area contributed by atoms with Crippen LogP contribution in [-0.4, -0.2) is 52.5 Å². The molecule has 7 nitrogen and oxygen atoms in total. The average Bonchev–Trinajstić information content (AvgIpc) is 3.19. The maximum Gasteiger partial charge on any atom is 0.257 e. The minimum Gasteiger partial charge on any atom is -0.483 e. The topological polar surface area (TPSA) is 76.5 Å². The van der Waals surface area contributed by atoms with Crippen molar-refractivity contribution in [3.8, 4) is 5.75 Å². The van der Waals surface area contributed by atoms with Gasteiger partial charge in [-0.1, -0.05) is 36.4 Å². The summed E-state index contributed by atoms with van der Waals surface area (Å²) in [7, 11) is 0. The SMILES string of the molecule is C=CCN(CC=C)C(=O)Cn1c(CCCNC(=O)COc2cc(C)ccc2C)nc2ccccc21. The van der Waals surface area contributed by atoms with Crippen LogP contribution < -0.4 is 10.1 Å². The molecule has 0 unspecified atom stereocenters. The van der Waals surface area contributed by atoms with Gasteiger partial charge in [0.05, 0.1) is 11.0 Å². The largest absolute Gasteiger partial charge is 0.483 e. The van der Waals surface area contributed by atoms with Gasteiger partial charge in [-0.3, -0.25) is 9.59 Å². The van der Waals surface area contributed by atoms with E-state index in [-0.39, 0.29) is 25.0 Å². The van der Waals surface area contributed by atoms with Crippen molar-refractivity contribution in [3.63, 3.8) is 0 Å². The van der Waals surface area contributed by atoms with Gasteiger partial charge in [-0.25, -0.2) is 4.98 Å². The van der Waals surface area contributed by atoms with E-state index in [9.17, 15) is 9.59 Å². The molecule has 0 spiro atoms. The van der Waals surface area contributed by atoms with Crippen molar-refractivity contribution in [2.24, 2.45) is 0 Å². The third-order valence-corrected chi connectivity index (χ3v) is 5.68. The quantitative estimate of drug-likeness (QED) is 0.300. The number of imidazole rings is 1. The van der Waals surface area contributed by atoms with Crippen molar-refractivity contribution in [3.05, 3.63) is 84.7 Å². The van der Waals surface area contributed by atoms with E-state index in [1.54, 1.807) is 17.1 Å². The van der Waals surface area contributed by atoms with Crippen molar-refractivity contribution in [2.75, 3.05) is 26.2 Å². The minimum atomic E-state index is -0.168. The number of hydrogen-bond acceptors (Lipinski definition) is 4. The molecular formula is C28H34N4O3. The Morgan fingerprint density at radius 1 is 1.11 bits per heavy atom. The molecule has 0 saturated carbocycles. The zero-order valence-corrected chi connectivity index (χ0v) is 20.6. The summed E-state index contributed by atoms with van der Waals surface area (Å²) in [6.45, 7) is 13.0. The lowest BCUT2D eigenvalue weighted by molar-refractivity contribution is -0.130. The summed E-state index contributed by atoms with van der Waals surface area (Å²) in [5.74, 6) is 1.35. The molecule has 0 saturated heterocycles. The van der Waals surface area contributed by atoms with Crippen LogP contribution in [-0.2, 0) is 22.6 Å². The third-order valence-electron chi connectivity index (χ3n) is 5.68. The number of carbonyl (C=O) groups excluding carboxylic acids is 2. The number of fused-ring (bicyclic) bond motifs is 1. The Kier molecular flexibility index (Phi) is 9.23. The molecule has 35 heavy (non-hydrogen) atoms. The van der Waals surface area contributed by atoms with Crippen molar-refractivity contribution in [1.82, 2.24) is 19.8 Å². The van der Waals surface area contributed by atoms with Crippen molar-refractivity contribution < 1.29 is 14.3 Å². The Balaban J connectivity index is 1.58. The molecule has 1 N–H and O–H groups in total. The molecule has 0 aliphatic carbocycles. The molecule has 2 amide bonds. The van der Waals surface area contributed by atoms with Gasteiger partial charge in [-0.2, -0.15) is 0 Å². The summed E-state index contributed by atoms with van der Waals surface area (Å²) in [5, 5.41) is 2.90. The number of aromatic nitrogens is 2. The van der Waals surface area contributed by atoms with E-state index in [0.29, 0.717) is 32.5 Å². The summed E-state index contributed by atoms with van der Waals surface area (Å²) in [5.41, 5.74) is 3.85. The van der Waals surface area contributed by atoms with Gasteiger partial charge in [-0.05, 0) is 49.6 Å². The van der Waals surface area contributed by atoms with Gasteiger partial charge in [0.25, 0.3) is 5.91 Å². The van der Waals surface area contributed by atoms with Gasteiger partial charge in [0, 0.05) is 26.1 Å². The maximum absolute atomic E-state index is 13.0. The zero-order valence-electron chi connectivity index (χ0n) is 20.6. The van der Waals surface area contributed by atoms with Crippen LogP contribution in [0.15, 0.2) is 67.8 Å². The van der Waals surface area contributed by atoms with E-state index in [1.807, 2.05) is 60.9 Å². The molecule has 3 rings (SSSR count). The molecular weight excluding hydrogens is 440 g/mol. The first-order chi connectivity index (χ1) is 16.9. The summed E-state index contributed by atoms with van der Waals surface area (Å²) in [6, 6.07) is 13.7. The zero-order chi connectivity index (χ0) is 25.2. The highest BCUT2D eigenvalue weighted by Crippen LogP contribution is 2.19. The Bertz CT molecular complexity index is 1190. The predicted octanol–water partition coefficient (Wildman–Crippen LogP) is 3.98. The standard InChI is InChI=1S/C28H34N4O3/c1-5-16-31(17-6-2)28(34)19-32-24-11-8-7-10-23(24)30-26(32)12-9-15-29-27(33)20-35-25-18-21(3)13-14-22(25)4/h5-8,10-11,13-14,18H,1-2,9,12,15-17,19-20H2,3-4H3,(H,29,33). The lowest BCUT2D eigenvalue weighted by atomic mass is 10.1. The first-order valence-corrected chi connectivity index (χ1v) is 11.8. The fourth-order valence-electron chi connectivity index (χ4n) is 3.85. The molecule has 0 fully saturated rings. The number of para-hydroxylation sites is 2. The Morgan fingerprint density at radius 2 is 1.86 bits per heavy atom. The van der Waals surface area contributed by atoms with Gasteiger partial charge in [0.15, 0.2) is 6.61 Å². The Morgan fingerprint density at radius 3 is 2.60 bits per heavy atom. The number of nitrogens with one attached hydrogen (secondary N) is 1. The highest BCUT2D eigenvalue weighted by atomic mass is 16.5.